The van der Waals surface area contributed by atoms with Crippen molar-refractivity contribution in [1.29, 1.82) is 0 Å². The minimum absolute atomic E-state index is 0.106. The first-order chi connectivity index (χ1) is 17.2. The average molecular weight is 536 g/mol. The van der Waals surface area contributed by atoms with Crippen molar-refractivity contribution in [3.05, 3.63) is 64.1 Å². The monoisotopic (exact) mass is 535 g/mol. The van der Waals surface area contributed by atoms with E-state index in [9.17, 15) is 9.59 Å². The molecule has 0 heterocycles. The lowest BCUT2D eigenvalue weighted by atomic mass is 10.0. The summed E-state index contributed by atoms with van der Waals surface area (Å²) in [5.41, 5.74) is 15.0. The smallest absolute Gasteiger partial charge is 0.322 e. The number of allylic oxidation sites excluding steroid dienone is 2. The fourth-order valence-corrected chi connectivity index (χ4v) is 2.60. The van der Waals surface area contributed by atoms with Gasteiger partial charge in [-0.05, 0) is 75.4 Å². The number of benzene rings is 1. The number of rotatable bonds is 10. The van der Waals surface area contributed by atoms with Crippen molar-refractivity contribution in [3.8, 4) is 0 Å². The van der Waals surface area contributed by atoms with Crippen LogP contribution in [0.1, 0.15) is 95.6 Å². The van der Waals surface area contributed by atoms with Crippen molar-refractivity contribution < 1.29 is 14.7 Å². The first-order valence-corrected chi connectivity index (χ1v) is 13.4. The summed E-state index contributed by atoms with van der Waals surface area (Å²) in [4.78, 5) is 23.3. The summed E-state index contributed by atoms with van der Waals surface area (Å²) in [6.07, 6.45) is 6.75. The number of carboxylic acids is 1. The lowest BCUT2D eigenvalue weighted by Crippen LogP contribution is -2.42. The molecular weight excluding hydrogens is 482 g/mol. The molecule has 212 valence electrons. The highest BCUT2D eigenvalue weighted by atomic mass is 32.1. The second-order valence-corrected chi connectivity index (χ2v) is 9.83. The minimum atomic E-state index is -1.15. The number of hydrogen-bond donors (Lipinski definition) is 5. The number of aliphatic carboxylic acids is 1. The number of nitrogens with two attached hydrogens (primary N) is 2. The minimum Gasteiger partial charge on any atom is -0.480 e. The third-order valence-corrected chi connectivity index (χ3v) is 5.69. The summed E-state index contributed by atoms with van der Waals surface area (Å²) in [5, 5.41) is 11.1. The number of unbranched alkanes of at least 4 members (excludes halogenated alkanes) is 1. The lowest BCUT2D eigenvalue weighted by Gasteiger charge is -2.09. The van der Waals surface area contributed by atoms with E-state index in [0.29, 0.717) is 5.56 Å². The van der Waals surface area contributed by atoms with E-state index in [1.54, 1.807) is 18.2 Å². The maximum atomic E-state index is 11.8. The molecule has 0 saturated heterocycles. The van der Waals surface area contributed by atoms with Gasteiger partial charge in [-0.2, -0.15) is 0 Å². The molecule has 37 heavy (non-hydrogen) atoms. The van der Waals surface area contributed by atoms with Gasteiger partial charge in [0.1, 0.15) is 6.04 Å². The van der Waals surface area contributed by atoms with Crippen LogP contribution in [0.3, 0.4) is 0 Å². The molecule has 0 aromatic heterocycles. The Balaban J connectivity index is -0.000000502. The molecule has 0 aliphatic rings. The molecule has 6 N–H and O–H groups in total. The van der Waals surface area contributed by atoms with Crippen molar-refractivity contribution >= 4 is 30.6 Å². The van der Waals surface area contributed by atoms with E-state index in [4.69, 9.17) is 16.6 Å². The standard InChI is InChI=1S/C13H16N2O3.C7H12S.C6H14.C4H11N/c1-3-9-6-10(5-4-8(9)2)12(16)15-7-11(14)13(17)18;1-5(2)7(8)6(3)4;1-4-5-6(2)3;1-2-3-4-5/h3-6,11H,1,7,14H2,2H3,(H,15,16)(H,17,18);8H,1H2,2-4H3;6H,4-5H2,1-3H3;2-5H2,1H3. The van der Waals surface area contributed by atoms with Crippen LogP contribution < -0.4 is 16.8 Å². The molecule has 6 nitrogen and oxygen atoms in total. The molecule has 7 heteroatoms. The zero-order chi connectivity index (χ0) is 29.6. The predicted octanol–water partition coefficient (Wildman–Crippen LogP) is 6.75. The summed E-state index contributed by atoms with van der Waals surface area (Å²) >= 11 is 4.20. The highest BCUT2D eigenvalue weighted by Gasteiger charge is 2.13. The van der Waals surface area contributed by atoms with Crippen molar-refractivity contribution in [2.45, 2.75) is 87.1 Å². The molecule has 0 fully saturated rings. The number of carbonyl (C=O) groups excluding carboxylic acids is 1. The fourth-order valence-electron chi connectivity index (χ4n) is 2.60. The highest BCUT2D eigenvalue weighted by molar-refractivity contribution is 7.84. The highest BCUT2D eigenvalue weighted by Crippen LogP contribution is 2.15. The summed E-state index contributed by atoms with van der Waals surface area (Å²) in [6.45, 7) is 24.9. The number of hydrogen-bond acceptors (Lipinski definition) is 5. The number of carboxylic acid groups (broad SMARTS) is 1. The second kappa shape index (κ2) is 24.0. The molecule has 1 aromatic rings. The normalized spacial score (nSPS) is 10.3. The fraction of sp³-hybridized carbons (Fsp3) is 0.533. The molecule has 0 bridgehead atoms. The predicted molar refractivity (Wildman–Crippen MR) is 165 cm³/mol. The molecular formula is C30H53N3O3S. The van der Waals surface area contributed by atoms with Crippen molar-refractivity contribution in [3.63, 3.8) is 0 Å². The number of amides is 1. The van der Waals surface area contributed by atoms with Gasteiger partial charge in [-0.3, -0.25) is 9.59 Å². The molecule has 1 amide bonds. The first kappa shape index (κ1) is 39.2. The van der Waals surface area contributed by atoms with E-state index in [1.807, 2.05) is 33.8 Å². The quantitative estimate of drug-likeness (QED) is 0.168. The molecule has 1 unspecified atom stereocenters. The van der Waals surface area contributed by atoms with E-state index in [-0.39, 0.29) is 12.5 Å². The van der Waals surface area contributed by atoms with E-state index < -0.39 is 12.0 Å². The van der Waals surface area contributed by atoms with E-state index in [0.717, 1.165) is 34.1 Å². The first-order valence-electron chi connectivity index (χ1n) is 12.9. The van der Waals surface area contributed by atoms with Crippen molar-refractivity contribution in [1.82, 2.24) is 5.32 Å². The molecule has 0 aliphatic carbocycles. The Hall–Kier alpha value is -2.35. The zero-order valence-electron chi connectivity index (χ0n) is 24.5. The molecule has 0 radical (unpaired) electrons. The van der Waals surface area contributed by atoms with Gasteiger partial charge >= 0.3 is 5.97 Å². The third-order valence-electron chi connectivity index (χ3n) is 4.86. The van der Waals surface area contributed by atoms with Crippen LogP contribution in [0, 0.1) is 12.8 Å². The second-order valence-electron chi connectivity index (χ2n) is 9.38. The van der Waals surface area contributed by atoms with Crippen LogP contribution in [0.5, 0.6) is 0 Å². The van der Waals surface area contributed by atoms with Gasteiger partial charge in [-0.15, -0.1) is 12.6 Å². The molecule has 1 atom stereocenters. The molecule has 1 rings (SSSR count). The Labute approximate surface area is 232 Å². The van der Waals surface area contributed by atoms with Crippen LogP contribution in [0.4, 0.5) is 0 Å². The molecule has 0 saturated carbocycles. The van der Waals surface area contributed by atoms with Crippen molar-refractivity contribution in [2.24, 2.45) is 17.4 Å². The Morgan fingerprint density at radius 2 is 1.73 bits per heavy atom. The Bertz CT molecular complexity index is 842. The van der Waals surface area contributed by atoms with Gasteiger partial charge in [0, 0.05) is 17.0 Å². The average Bonchev–Trinajstić information content (AvgIpc) is 2.83. The maximum Gasteiger partial charge on any atom is 0.322 e. The van der Waals surface area contributed by atoms with Crippen LogP contribution in [-0.2, 0) is 4.79 Å². The maximum absolute atomic E-state index is 11.8. The Morgan fingerprint density at radius 1 is 1.16 bits per heavy atom. The van der Waals surface area contributed by atoms with Crippen LogP contribution in [-0.4, -0.2) is 36.1 Å². The van der Waals surface area contributed by atoms with Crippen molar-refractivity contribution in [2.75, 3.05) is 13.1 Å². The lowest BCUT2D eigenvalue weighted by molar-refractivity contribution is -0.138. The van der Waals surface area contributed by atoms with Gasteiger partial charge in [-0.25, -0.2) is 0 Å². The van der Waals surface area contributed by atoms with Gasteiger partial charge < -0.3 is 21.9 Å². The Morgan fingerprint density at radius 3 is 2.00 bits per heavy atom. The SMILES string of the molecule is C=C(C)C(S)=C(C)C.C=Cc1cc(C(=O)NCC(N)C(=O)O)ccc1C.CCCC(C)C.CCCCN. The summed E-state index contributed by atoms with van der Waals surface area (Å²) < 4.78 is 0. The topological polar surface area (TPSA) is 118 Å². The van der Waals surface area contributed by atoms with Crippen LogP contribution in [0.25, 0.3) is 6.08 Å². The summed E-state index contributed by atoms with van der Waals surface area (Å²) in [6, 6.07) is 4.08. The van der Waals surface area contributed by atoms with Gasteiger partial charge in [0.2, 0.25) is 0 Å². The summed E-state index contributed by atoms with van der Waals surface area (Å²) in [7, 11) is 0. The Kier molecular flexibility index (Phi) is 25.4. The van der Waals surface area contributed by atoms with E-state index >= 15 is 0 Å². The van der Waals surface area contributed by atoms with Gasteiger partial charge in [-0.1, -0.05) is 77.8 Å². The zero-order valence-corrected chi connectivity index (χ0v) is 25.4. The molecule has 0 aliphatic heterocycles. The largest absolute Gasteiger partial charge is 0.480 e. The number of thiol groups is 1. The van der Waals surface area contributed by atoms with Crippen LogP contribution >= 0.6 is 12.6 Å². The number of aryl methyl sites for hydroxylation is 1. The van der Waals surface area contributed by atoms with E-state index in [1.165, 1.54) is 31.3 Å². The van der Waals surface area contributed by atoms with Crippen LogP contribution in [0.15, 0.2) is 47.4 Å². The molecule has 0 spiro atoms. The van der Waals surface area contributed by atoms with Gasteiger partial charge in [0.25, 0.3) is 5.91 Å². The van der Waals surface area contributed by atoms with Gasteiger partial charge in [0.05, 0.1) is 0 Å². The summed E-state index contributed by atoms with van der Waals surface area (Å²) in [5.74, 6) is -0.601. The third kappa shape index (κ3) is 22.6. The number of carbonyl (C=O) groups is 2. The number of nitrogens with one attached hydrogen (secondary N) is 1. The molecule has 1 aromatic carbocycles. The van der Waals surface area contributed by atoms with Crippen LogP contribution in [0.2, 0.25) is 0 Å². The van der Waals surface area contributed by atoms with E-state index in [2.05, 4.69) is 58.8 Å². The van der Waals surface area contributed by atoms with Gasteiger partial charge in [0.15, 0.2) is 0 Å².